The number of hydrogen-bond acceptors (Lipinski definition) is 4. The fraction of sp³-hybridized carbons (Fsp3) is 0.250. The van der Waals surface area contributed by atoms with E-state index in [0.29, 0.717) is 0 Å². The van der Waals surface area contributed by atoms with Gasteiger partial charge in [0.2, 0.25) is 0 Å². The van der Waals surface area contributed by atoms with Crippen molar-refractivity contribution in [2.45, 2.75) is 20.0 Å². The lowest BCUT2D eigenvalue weighted by Crippen LogP contribution is -2.13. The lowest BCUT2D eigenvalue weighted by molar-refractivity contribution is -0.138. The van der Waals surface area contributed by atoms with Gasteiger partial charge in [-0.3, -0.25) is 0 Å². The number of aliphatic hydroxyl groups is 1. The Morgan fingerprint density at radius 2 is 2.00 bits per heavy atom. The topological polar surface area (TPSA) is 58.9 Å². The Kier molecular flexibility index (Phi) is 4.58. The summed E-state index contributed by atoms with van der Waals surface area (Å²) in [4.78, 5) is 15.7. The van der Waals surface area contributed by atoms with Crippen LogP contribution in [-0.4, -0.2) is 23.4 Å². The van der Waals surface area contributed by atoms with Crippen molar-refractivity contribution >= 4 is 17.8 Å². The molecule has 1 aromatic rings. The number of alkyl halides is 3. The maximum Gasteiger partial charge on any atom is 0.416 e. The summed E-state index contributed by atoms with van der Waals surface area (Å²) < 4.78 is 43.8. The van der Waals surface area contributed by atoms with Gasteiger partial charge in [-0.1, -0.05) is 18.2 Å². The molecule has 0 amide bonds. The van der Waals surface area contributed by atoms with E-state index in [1.165, 1.54) is 25.1 Å². The van der Waals surface area contributed by atoms with Crippen LogP contribution in [0.1, 0.15) is 25.0 Å². The maximum atomic E-state index is 13.0. The molecule has 0 fully saturated rings. The molecule has 23 heavy (non-hydrogen) atoms. The number of esters is 1. The summed E-state index contributed by atoms with van der Waals surface area (Å²) in [6, 6.07) is 4.91. The summed E-state index contributed by atoms with van der Waals surface area (Å²) >= 11 is 0. The van der Waals surface area contributed by atoms with Gasteiger partial charge in [0, 0.05) is 0 Å². The second-order valence-electron chi connectivity index (χ2n) is 4.76. The number of hydrogen-bond donors (Lipinski definition) is 1. The van der Waals surface area contributed by atoms with E-state index in [2.05, 4.69) is 4.99 Å². The van der Waals surface area contributed by atoms with Crippen LogP contribution in [0.4, 0.5) is 13.2 Å². The van der Waals surface area contributed by atoms with Gasteiger partial charge in [0.15, 0.2) is 5.76 Å². The molecule has 1 aliphatic heterocycles. The molecule has 4 nitrogen and oxygen atoms in total. The summed E-state index contributed by atoms with van der Waals surface area (Å²) in [5, 5.41) is 10.1. The molecule has 1 N–H and O–H groups in total. The number of rotatable bonds is 3. The Morgan fingerprint density at radius 1 is 1.35 bits per heavy atom. The summed E-state index contributed by atoms with van der Waals surface area (Å²) in [5.41, 5.74) is -1.05. The van der Waals surface area contributed by atoms with Crippen molar-refractivity contribution in [2.24, 2.45) is 4.99 Å². The molecule has 0 saturated carbocycles. The largest absolute Gasteiger partial charge is 0.505 e. The van der Waals surface area contributed by atoms with Crippen molar-refractivity contribution in [3.05, 3.63) is 52.4 Å². The summed E-state index contributed by atoms with van der Waals surface area (Å²) in [7, 11) is 0. The monoisotopic (exact) mass is 325 g/mol. The van der Waals surface area contributed by atoms with Crippen LogP contribution in [0.3, 0.4) is 0 Å². The molecular weight excluding hydrogens is 311 g/mol. The zero-order valence-corrected chi connectivity index (χ0v) is 12.4. The highest BCUT2D eigenvalue weighted by Gasteiger charge is 2.33. The first-order chi connectivity index (χ1) is 10.8. The summed E-state index contributed by atoms with van der Waals surface area (Å²) in [5.74, 6) is -1.25. The lowest BCUT2D eigenvalue weighted by atomic mass is 10.1. The van der Waals surface area contributed by atoms with Crippen molar-refractivity contribution in [3.63, 3.8) is 0 Å². The van der Waals surface area contributed by atoms with E-state index in [1.807, 2.05) is 0 Å². The van der Waals surface area contributed by atoms with Gasteiger partial charge in [-0.2, -0.15) is 13.2 Å². The number of benzene rings is 1. The normalized spacial score (nSPS) is 16.7. The molecular formula is C16H14F3NO3. The first-order valence-electron chi connectivity index (χ1n) is 6.80. The van der Waals surface area contributed by atoms with Crippen LogP contribution >= 0.6 is 0 Å². The van der Waals surface area contributed by atoms with Gasteiger partial charge in [0.1, 0.15) is 11.3 Å². The first kappa shape index (κ1) is 16.8. The molecule has 0 aromatic heterocycles. The van der Waals surface area contributed by atoms with Gasteiger partial charge in [-0.05, 0) is 31.6 Å². The van der Waals surface area contributed by atoms with Gasteiger partial charge in [0.05, 0.1) is 17.9 Å². The number of aliphatic hydroxyl groups excluding tert-OH is 1. The second kappa shape index (κ2) is 6.28. The third-order valence-electron chi connectivity index (χ3n) is 3.17. The lowest BCUT2D eigenvalue weighted by Gasteiger charge is -2.10. The third-order valence-corrected chi connectivity index (χ3v) is 3.17. The van der Waals surface area contributed by atoms with E-state index in [9.17, 15) is 23.1 Å². The predicted molar refractivity (Wildman–Crippen MR) is 78.8 cm³/mol. The van der Waals surface area contributed by atoms with Crippen molar-refractivity contribution in [1.82, 2.24) is 0 Å². The summed E-state index contributed by atoms with van der Waals surface area (Å²) in [6.45, 7) is 3.19. The van der Waals surface area contributed by atoms with Crippen LogP contribution in [0.2, 0.25) is 0 Å². The fourth-order valence-corrected chi connectivity index (χ4v) is 2.17. The molecule has 122 valence electrons. The highest BCUT2D eigenvalue weighted by molar-refractivity contribution is 6.22. The molecule has 0 spiro atoms. The number of halogens is 3. The molecule has 0 bridgehead atoms. The van der Waals surface area contributed by atoms with Crippen molar-refractivity contribution in [2.75, 3.05) is 6.61 Å². The van der Waals surface area contributed by atoms with Gasteiger partial charge >= 0.3 is 12.1 Å². The van der Waals surface area contributed by atoms with Crippen LogP contribution in [0.5, 0.6) is 0 Å². The molecule has 1 heterocycles. The van der Waals surface area contributed by atoms with Crippen LogP contribution in [0.15, 0.2) is 46.3 Å². The van der Waals surface area contributed by atoms with Gasteiger partial charge < -0.3 is 9.84 Å². The smallest absolute Gasteiger partial charge is 0.416 e. The number of aliphatic imine (C=N–C) groups is 1. The first-order valence-corrected chi connectivity index (χ1v) is 6.80. The van der Waals surface area contributed by atoms with E-state index in [-0.39, 0.29) is 29.2 Å². The zero-order valence-electron chi connectivity index (χ0n) is 12.4. The Balaban J connectivity index is 2.49. The Bertz CT molecular complexity index is 730. The Hall–Kier alpha value is -2.57. The number of carbonyl (C=O) groups is 1. The van der Waals surface area contributed by atoms with Gasteiger partial charge in [-0.25, -0.2) is 9.79 Å². The van der Waals surface area contributed by atoms with Crippen LogP contribution < -0.4 is 0 Å². The Morgan fingerprint density at radius 3 is 2.61 bits per heavy atom. The minimum absolute atomic E-state index is 0.109. The average Bonchev–Trinajstić information content (AvgIpc) is 2.73. The molecule has 0 saturated heterocycles. The predicted octanol–water partition coefficient (Wildman–Crippen LogP) is 3.90. The minimum atomic E-state index is -4.53. The molecule has 0 aliphatic carbocycles. The molecule has 0 atom stereocenters. The highest BCUT2D eigenvalue weighted by Crippen LogP contribution is 2.34. The van der Waals surface area contributed by atoms with E-state index >= 15 is 0 Å². The van der Waals surface area contributed by atoms with E-state index in [1.54, 1.807) is 6.92 Å². The molecule has 7 heteroatoms. The van der Waals surface area contributed by atoms with Crippen molar-refractivity contribution < 1.29 is 27.8 Å². The van der Waals surface area contributed by atoms with Crippen LogP contribution in [0.25, 0.3) is 6.08 Å². The van der Waals surface area contributed by atoms with Crippen LogP contribution in [0, 0.1) is 0 Å². The van der Waals surface area contributed by atoms with Crippen LogP contribution in [-0.2, 0) is 15.7 Å². The molecule has 0 unspecified atom stereocenters. The van der Waals surface area contributed by atoms with E-state index < -0.39 is 23.5 Å². The number of ether oxygens (including phenoxy) is 1. The van der Waals surface area contributed by atoms with Gasteiger partial charge in [-0.15, -0.1) is 0 Å². The number of nitrogens with zero attached hydrogens (tertiary/aromatic N) is 1. The SMILES string of the molecule is CCOC(=O)C1=C(O)/C(=C/c2ccccc2C(F)(F)F)N=C1C. The molecule has 0 radical (unpaired) electrons. The standard InChI is InChI=1S/C16H14F3NO3/c1-3-23-15(22)13-9(2)20-12(14(13)21)8-10-6-4-5-7-11(10)16(17,18)19/h4-8,21H,3H2,1-2H3/b12-8-. The van der Waals surface area contributed by atoms with E-state index in [4.69, 9.17) is 4.74 Å². The highest BCUT2D eigenvalue weighted by atomic mass is 19.4. The van der Waals surface area contributed by atoms with E-state index in [0.717, 1.165) is 12.1 Å². The quantitative estimate of drug-likeness (QED) is 0.858. The van der Waals surface area contributed by atoms with Gasteiger partial charge in [0.25, 0.3) is 0 Å². The average molecular weight is 325 g/mol. The Labute approximate surface area is 130 Å². The van der Waals surface area contributed by atoms with Crippen molar-refractivity contribution in [3.8, 4) is 0 Å². The molecule has 2 rings (SSSR count). The summed E-state index contributed by atoms with van der Waals surface area (Å²) in [6.07, 6.45) is -3.44. The maximum absolute atomic E-state index is 13.0. The molecule has 1 aromatic carbocycles. The zero-order chi connectivity index (χ0) is 17.2. The van der Waals surface area contributed by atoms with Crippen molar-refractivity contribution in [1.29, 1.82) is 0 Å². The minimum Gasteiger partial charge on any atom is -0.505 e. The molecule has 1 aliphatic rings. The fourth-order valence-electron chi connectivity index (χ4n) is 2.17. The second-order valence-corrected chi connectivity index (χ2v) is 4.76. The number of carbonyl (C=O) groups excluding carboxylic acids is 1. The third kappa shape index (κ3) is 3.44.